The number of rotatable bonds is 1. The van der Waals surface area contributed by atoms with Crippen molar-refractivity contribution in [2.24, 2.45) is 0 Å². The van der Waals surface area contributed by atoms with E-state index in [1.54, 1.807) is 11.8 Å². The zero-order valence-electron chi connectivity index (χ0n) is 9.58. The fraction of sp³-hybridized carbons (Fsp3) is 0.500. The Hall–Kier alpha value is -1.02. The van der Waals surface area contributed by atoms with Crippen molar-refractivity contribution in [3.8, 4) is 0 Å². The number of nitrogens with zero attached hydrogens (tertiary/aromatic N) is 3. The highest BCUT2D eigenvalue weighted by molar-refractivity contribution is 7.99. The summed E-state index contributed by atoms with van der Waals surface area (Å²) in [5.41, 5.74) is -1.83. The van der Waals surface area contributed by atoms with E-state index >= 15 is 0 Å². The van der Waals surface area contributed by atoms with Gasteiger partial charge < -0.3 is 4.90 Å². The molecule has 1 aliphatic heterocycles. The molecule has 0 unspecified atom stereocenters. The van der Waals surface area contributed by atoms with Gasteiger partial charge in [-0.2, -0.15) is 24.9 Å². The first-order chi connectivity index (χ1) is 8.89. The third-order valence-electron chi connectivity index (χ3n) is 2.56. The van der Waals surface area contributed by atoms with Crippen LogP contribution in [0.1, 0.15) is 16.1 Å². The number of amides is 1. The molecular weight excluding hydrogens is 303 g/mol. The summed E-state index contributed by atoms with van der Waals surface area (Å²) in [5, 5.41) is -0.530. The number of aromatic nitrogens is 2. The van der Waals surface area contributed by atoms with Crippen molar-refractivity contribution in [2.45, 2.75) is 6.18 Å². The van der Waals surface area contributed by atoms with Crippen LogP contribution >= 0.6 is 23.4 Å². The maximum atomic E-state index is 12.8. The molecule has 1 fully saturated rings. The molecule has 9 heteroatoms. The van der Waals surface area contributed by atoms with E-state index in [2.05, 4.69) is 9.97 Å². The Bertz CT molecular complexity index is 491. The monoisotopic (exact) mass is 311 g/mol. The number of hydrogen-bond acceptors (Lipinski definition) is 4. The molecule has 0 aliphatic carbocycles. The SMILES string of the molecule is O=C(c1cnc(Cl)nc1C(F)(F)F)N1CCSCC1. The van der Waals surface area contributed by atoms with E-state index in [-0.39, 0.29) is 0 Å². The van der Waals surface area contributed by atoms with Crippen LogP contribution in [0.5, 0.6) is 0 Å². The summed E-state index contributed by atoms with van der Waals surface area (Å²) in [6.07, 6.45) is -3.90. The first-order valence-corrected chi connectivity index (χ1v) is 6.89. The number of carbonyl (C=O) groups is 1. The van der Waals surface area contributed by atoms with Crippen LogP contribution in [-0.4, -0.2) is 45.4 Å². The molecule has 1 aromatic rings. The third-order valence-corrected chi connectivity index (χ3v) is 3.68. The number of halogens is 4. The van der Waals surface area contributed by atoms with Crippen LogP contribution in [0.3, 0.4) is 0 Å². The minimum atomic E-state index is -4.73. The molecular formula is C10H9ClF3N3OS. The predicted octanol–water partition coefficient (Wildman–Crippen LogP) is 2.34. The van der Waals surface area contributed by atoms with Gasteiger partial charge in [-0.05, 0) is 11.6 Å². The summed E-state index contributed by atoms with van der Waals surface area (Å²) in [4.78, 5) is 20.1. The Balaban J connectivity index is 2.35. The van der Waals surface area contributed by atoms with E-state index in [1.165, 1.54) is 4.90 Å². The lowest BCUT2D eigenvalue weighted by Gasteiger charge is -2.27. The van der Waals surface area contributed by atoms with Gasteiger partial charge in [-0.25, -0.2) is 9.97 Å². The fourth-order valence-electron chi connectivity index (χ4n) is 1.67. The quantitative estimate of drug-likeness (QED) is 0.747. The molecule has 0 radical (unpaired) electrons. The average Bonchev–Trinajstić information content (AvgIpc) is 2.38. The maximum absolute atomic E-state index is 12.8. The van der Waals surface area contributed by atoms with Gasteiger partial charge in [0.2, 0.25) is 5.28 Å². The van der Waals surface area contributed by atoms with Crippen molar-refractivity contribution in [1.29, 1.82) is 0 Å². The van der Waals surface area contributed by atoms with E-state index in [4.69, 9.17) is 11.6 Å². The van der Waals surface area contributed by atoms with Gasteiger partial charge in [-0.15, -0.1) is 0 Å². The molecule has 2 rings (SSSR count). The second kappa shape index (κ2) is 5.54. The molecule has 0 N–H and O–H groups in total. The van der Waals surface area contributed by atoms with Gasteiger partial charge in [0, 0.05) is 30.8 Å². The Morgan fingerprint density at radius 1 is 1.37 bits per heavy atom. The highest BCUT2D eigenvalue weighted by Crippen LogP contribution is 2.31. The van der Waals surface area contributed by atoms with Gasteiger partial charge in [-0.1, -0.05) is 0 Å². The number of carbonyl (C=O) groups excluding carboxylic acids is 1. The number of thioether (sulfide) groups is 1. The van der Waals surface area contributed by atoms with Gasteiger partial charge >= 0.3 is 6.18 Å². The van der Waals surface area contributed by atoms with Crippen molar-refractivity contribution < 1.29 is 18.0 Å². The lowest BCUT2D eigenvalue weighted by Crippen LogP contribution is -2.39. The summed E-state index contributed by atoms with van der Waals surface area (Å²) in [6.45, 7) is 0.840. The molecule has 0 atom stereocenters. The average molecular weight is 312 g/mol. The molecule has 4 nitrogen and oxygen atoms in total. The Kier molecular flexibility index (Phi) is 4.19. The van der Waals surface area contributed by atoms with Gasteiger partial charge in [-0.3, -0.25) is 4.79 Å². The lowest BCUT2D eigenvalue weighted by atomic mass is 10.2. The maximum Gasteiger partial charge on any atom is 0.434 e. The van der Waals surface area contributed by atoms with Crippen LogP contribution in [0.15, 0.2) is 6.20 Å². The molecule has 0 aromatic carbocycles. The molecule has 104 valence electrons. The van der Waals surface area contributed by atoms with E-state index in [0.717, 1.165) is 6.20 Å². The molecule has 0 bridgehead atoms. The van der Waals surface area contributed by atoms with Crippen LogP contribution < -0.4 is 0 Å². The standard InChI is InChI=1S/C10H9ClF3N3OS/c11-9-15-5-6(7(16-9)10(12,13)14)8(18)17-1-3-19-4-2-17/h5H,1-4H2. The van der Waals surface area contributed by atoms with Crippen LogP contribution in [0.25, 0.3) is 0 Å². The minimum Gasteiger partial charge on any atom is -0.337 e. The highest BCUT2D eigenvalue weighted by Gasteiger charge is 2.39. The van der Waals surface area contributed by atoms with Crippen LogP contribution in [0.4, 0.5) is 13.2 Å². The van der Waals surface area contributed by atoms with Gasteiger partial charge in [0.1, 0.15) is 0 Å². The Morgan fingerprint density at radius 3 is 2.58 bits per heavy atom. The topological polar surface area (TPSA) is 46.1 Å². The Labute approximate surface area is 116 Å². The predicted molar refractivity (Wildman–Crippen MR) is 65.3 cm³/mol. The van der Waals surface area contributed by atoms with Gasteiger partial charge in [0.05, 0.1) is 5.56 Å². The summed E-state index contributed by atoms with van der Waals surface area (Å²) < 4.78 is 38.5. The third kappa shape index (κ3) is 3.30. The number of alkyl halides is 3. The first-order valence-electron chi connectivity index (χ1n) is 5.36. The van der Waals surface area contributed by atoms with Gasteiger partial charge in [0.15, 0.2) is 5.69 Å². The lowest BCUT2D eigenvalue weighted by molar-refractivity contribution is -0.141. The Morgan fingerprint density at radius 2 is 2.00 bits per heavy atom. The summed E-state index contributed by atoms with van der Waals surface area (Å²) in [7, 11) is 0. The molecule has 19 heavy (non-hydrogen) atoms. The van der Waals surface area contributed by atoms with Crippen LogP contribution in [0.2, 0.25) is 5.28 Å². The summed E-state index contributed by atoms with van der Waals surface area (Å²) in [6, 6.07) is 0. The summed E-state index contributed by atoms with van der Waals surface area (Å²) in [5.74, 6) is 0.715. The van der Waals surface area contributed by atoms with Crippen LogP contribution in [0, 0.1) is 0 Å². The van der Waals surface area contributed by atoms with Crippen molar-refractivity contribution in [3.05, 3.63) is 22.7 Å². The molecule has 2 heterocycles. The minimum absolute atomic E-state index is 0.420. The molecule has 0 saturated carbocycles. The normalized spacial score (nSPS) is 16.5. The first kappa shape index (κ1) is 14.4. The number of hydrogen-bond donors (Lipinski definition) is 0. The molecule has 1 aromatic heterocycles. The van der Waals surface area contributed by atoms with E-state index in [9.17, 15) is 18.0 Å². The largest absolute Gasteiger partial charge is 0.434 e. The molecule has 1 aliphatic rings. The summed E-state index contributed by atoms with van der Waals surface area (Å²) >= 11 is 7.02. The van der Waals surface area contributed by atoms with Crippen molar-refractivity contribution in [2.75, 3.05) is 24.6 Å². The van der Waals surface area contributed by atoms with Crippen molar-refractivity contribution in [1.82, 2.24) is 14.9 Å². The second-order valence-electron chi connectivity index (χ2n) is 3.80. The molecule has 1 saturated heterocycles. The second-order valence-corrected chi connectivity index (χ2v) is 5.37. The zero-order valence-corrected chi connectivity index (χ0v) is 11.1. The smallest absolute Gasteiger partial charge is 0.337 e. The molecule has 0 spiro atoms. The van der Waals surface area contributed by atoms with E-state index in [1.807, 2.05) is 0 Å². The van der Waals surface area contributed by atoms with E-state index in [0.29, 0.717) is 24.6 Å². The highest BCUT2D eigenvalue weighted by atomic mass is 35.5. The molecule has 1 amide bonds. The van der Waals surface area contributed by atoms with Crippen LogP contribution in [-0.2, 0) is 6.18 Å². The zero-order chi connectivity index (χ0) is 14.0. The fourth-order valence-corrected chi connectivity index (χ4v) is 2.71. The van der Waals surface area contributed by atoms with Crippen molar-refractivity contribution in [3.63, 3.8) is 0 Å². The van der Waals surface area contributed by atoms with Crippen molar-refractivity contribution >= 4 is 29.3 Å². The van der Waals surface area contributed by atoms with Gasteiger partial charge in [0.25, 0.3) is 5.91 Å². The van der Waals surface area contributed by atoms with E-state index < -0.39 is 28.6 Å².